The van der Waals surface area contributed by atoms with E-state index in [1.54, 1.807) is 12.4 Å². The van der Waals surface area contributed by atoms with Crippen LogP contribution >= 0.6 is 0 Å². The van der Waals surface area contributed by atoms with Gasteiger partial charge in [0.2, 0.25) is 0 Å². The van der Waals surface area contributed by atoms with Crippen molar-refractivity contribution in [1.29, 1.82) is 0 Å². The average molecular weight is 275 g/mol. The van der Waals surface area contributed by atoms with Crippen LogP contribution in [-0.4, -0.2) is 34.8 Å². The zero-order valence-corrected chi connectivity index (χ0v) is 12.8. The van der Waals surface area contributed by atoms with Gasteiger partial charge in [-0.15, -0.1) is 0 Å². The number of aryl methyl sites for hydroxylation is 1. The van der Waals surface area contributed by atoms with E-state index < -0.39 is 7.12 Å². The third-order valence-corrected chi connectivity index (χ3v) is 3.94. The molecule has 1 fully saturated rings. The smallest absolute Gasteiger partial charge is 0.400 e. The first-order valence-corrected chi connectivity index (χ1v) is 6.80. The topological polar surface area (TPSA) is 70.3 Å². The molecule has 0 spiro atoms. The highest BCUT2D eigenvalue weighted by atomic mass is 16.7. The number of hydrogen-bond acceptors (Lipinski definition) is 5. The molecule has 1 saturated heterocycles. The molecule has 20 heavy (non-hydrogen) atoms. The minimum Gasteiger partial charge on any atom is -0.400 e. The Morgan fingerprint density at radius 3 is 2.15 bits per heavy atom. The predicted octanol–water partition coefficient (Wildman–Crippen LogP) is 1.76. The van der Waals surface area contributed by atoms with Crippen molar-refractivity contribution in [3.8, 4) is 0 Å². The van der Waals surface area contributed by atoms with Gasteiger partial charge in [0.25, 0.3) is 0 Å². The standard InChI is InChI=1S/C14H22BN3O2/c1-10-17-8-11(9-18-10)6-12(7-16)15-19-13(2,3)14(4,5)20-15/h6,8-9H,7,16H2,1-5H3. The summed E-state index contributed by atoms with van der Waals surface area (Å²) in [6.07, 6.45) is 5.47. The van der Waals surface area contributed by atoms with Gasteiger partial charge in [0.15, 0.2) is 0 Å². The molecule has 1 aromatic rings. The van der Waals surface area contributed by atoms with Crippen molar-refractivity contribution in [1.82, 2.24) is 9.97 Å². The molecule has 1 aliphatic heterocycles. The molecule has 0 radical (unpaired) electrons. The summed E-state index contributed by atoms with van der Waals surface area (Å²) in [5.41, 5.74) is 6.89. The van der Waals surface area contributed by atoms with Gasteiger partial charge in [-0.05, 0) is 40.1 Å². The molecule has 2 heterocycles. The van der Waals surface area contributed by atoms with Crippen LogP contribution < -0.4 is 5.73 Å². The minimum atomic E-state index is -0.425. The van der Waals surface area contributed by atoms with E-state index in [1.807, 2.05) is 40.7 Å². The second kappa shape index (κ2) is 5.28. The van der Waals surface area contributed by atoms with E-state index in [-0.39, 0.29) is 11.2 Å². The highest BCUT2D eigenvalue weighted by Gasteiger charge is 2.52. The van der Waals surface area contributed by atoms with Crippen molar-refractivity contribution in [2.45, 2.75) is 45.8 Å². The number of rotatable bonds is 3. The monoisotopic (exact) mass is 275 g/mol. The van der Waals surface area contributed by atoms with Crippen LogP contribution in [-0.2, 0) is 9.31 Å². The maximum atomic E-state index is 6.00. The Hall–Kier alpha value is -1.24. The Morgan fingerprint density at radius 2 is 1.70 bits per heavy atom. The molecule has 2 rings (SSSR count). The van der Waals surface area contributed by atoms with E-state index in [2.05, 4.69) is 9.97 Å². The summed E-state index contributed by atoms with van der Waals surface area (Å²) in [6.45, 7) is 10.3. The van der Waals surface area contributed by atoms with E-state index in [0.717, 1.165) is 16.9 Å². The van der Waals surface area contributed by atoms with Crippen molar-refractivity contribution < 1.29 is 9.31 Å². The van der Waals surface area contributed by atoms with E-state index in [9.17, 15) is 0 Å². The van der Waals surface area contributed by atoms with Gasteiger partial charge in [0, 0.05) is 24.5 Å². The van der Waals surface area contributed by atoms with Gasteiger partial charge in [-0.3, -0.25) is 0 Å². The van der Waals surface area contributed by atoms with Crippen molar-refractivity contribution in [2.24, 2.45) is 5.73 Å². The molecule has 0 aromatic carbocycles. The normalized spacial score (nSPS) is 21.3. The van der Waals surface area contributed by atoms with Gasteiger partial charge >= 0.3 is 7.12 Å². The fraction of sp³-hybridized carbons (Fsp3) is 0.571. The van der Waals surface area contributed by atoms with E-state index in [4.69, 9.17) is 15.0 Å². The van der Waals surface area contributed by atoms with E-state index in [0.29, 0.717) is 6.54 Å². The molecular formula is C14H22BN3O2. The van der Waals surface area contributed by atoms with Gasteiger partial charge < -0.3 is 15.0 Å². The SMILES string of the molecule is Cc1ncc(C=C(CN)B2OC(C)(C)C(C)(C)O2)cn1. The van der Waals surface area contributed by atoms with Crippen LogP contribution in [0.1, 0.15) is 39.1 Å². The number of nitrogens with zero attached hydrogens (tertiary/aromatic N) is 2. The zero-order chi connectivity index (χ0) is 15.0. The Labute approximate surface area is 120 Å². The van der Waals surface area contributed by atoms with Crippen molar-refractivity contribution in [2.75, 3.05) is 6.54 Å². The van der Waals surface area contributed by atoms with Gasteiger partial charge in [-0.25, -0.2) is 9.97 Å². The highest BCUT2D eigenvalue weighted by Crippen LogP contribution is 2.38. The molecule has 108 valence electrons. The van der Waals surface area contributed by atoms with Crippen LogP contribution in [0.3, 0.4) is 0 Å². The lowest BCUT2D eigenvalue weighted by Gasteiger charge is -2.32. The maximum absolute atomic E-state index is 6.00. The van der Waals surface area contributed by atoms with Crippen molar-refractivity contribution in [3.05, 3.63) is 29.3 Å². The molecule has 0 unspecified atom stereocenters. The molecular weight excluding hydrogens is 253 g/mol. The Bertz CT molecular complexity index is 496. The molecule has 6 heteroatoms. The van der Waals surface area contributed by atoms with Gasteiger partial charge in [0.05, 0.1) is 11.2 Å². The van der Waals surface area contributed by atoms with E-state index in [1.165, 1.54) is 0 Å². The molecule has 2 N–H and O–H groups in total. The van der Waals surface area contributed by atoms with Crippen molar-refractivity contribution >= 4 is 13.2 Å². The number of hydrogen-bond donors (Lipinski definition) is 1. The maximum Gasteiger partial charge on any atom is 0.491 e. The Kier molecular flexibility index (Phi) is 4.00. The van der Waals surface area contributed by atoms with E-state index >= 15 is 0 Å². The quantitative estimate of drug-likeness (QED) is 0.851. The summed E-state index contributed by atoms with van der Waals surface area (Å²) in [7, 11) is -0.425. The molecule has 5 nitrogen and oxygen atoms in total. The lowest BCUT2D eigenvalue weighted by molar-refractivity contribution is 0.00578. The zero-order valence-electron chi connectivity index (χ0n) is 12.8. The summed E-state index contributed by atoms with van der Waals surface area (Å²) in [5, 5.41) is 0. The van der Waals surface area contributed by atoms with Crippen LogP contribution in [0.2, 0.25) is 0 Å². The van der Waals surface area contributed by atoms with Crippen LogP contribution in [0, 0.1) is 6.92 Å². The first-order chi connectivity index (χ1) is 9.25. The molecule has 1 aromatic heterocycles. The number of nitrogens with two attached hydrogens (primary N) is 1. The third kappa shape index (κ3) is 2.92. The highest BCUT2D eigenvalue weighted by molar-refractivity contribution is 6.55. The molecule has 0 aliphatic carbocycles. The summed E-state index contributed by atoms with van der Waals surface area (Å²) < 4.78 is 12.0. The van der Waals surface area contributed by atoms with Gasteiger partial charge in [-0.1, -0.05) is 6.08 Å². The van der Waals surface area contributed by atoms with Gasteiger partial charge in [0.1, 0.15) is 5.82 Å². The summed E-state index contributed by atoms with van der Waals surface area (Å²) in [6, 6.07) is 0. The first kappa shape index (κ1) is 15.2. The predicted molar refractivity (Wildman–Crippen MR) is 79.9 cm³/mol. The Balaban J connectivity index is 2.24. The largest absolute Gasteiger partial charge is 0.491 e. The summed E-state index contributed by atoms with van der Waals surface area (Å²) >= 11 is 0. The second-order valence-corrected chi connectivity index (χ2v) is 6.08. The van der Waals surface area contributed by atoms with Gasteiger partial charge in [-0.2, -0.15) is 0 Å². The fourth-order valence-electron chi connectivity index (χ4n) is 1.91. The van der Waals surface area contributed by atoms with Crippen LogP contribution in [0.4, 0.5) is 0 Å². The first-order valence-electron chi connectivity index (χ1n) is 6.80. The van der Waals surface area contributed by atoms with Crippen LogP contribution in [0.15, 0.2) is 17.9 Å². The number of aromatic nitrogens is 2. The summed E-state index contributed by atoms with van der Waals surface area (Å²) in [5.74, 6) is 0.743. The minimum absolute atomic E-state index is 0.365. The molecule has 0 amide bonds. The second-order valence-electron chi connectivity index (χ2n) is 6.08. The molecule has 1 aliphatic rings. The summed E-state index contributed by atoms with van der Waals surface area (Å²) in [4.78, 5) is 8.34. The lowest BCUT2D eigenvalue weighted by Crippen LogP contribution is -2.41. The Morgan fingerprint density at radius 1 is 1.20 bits per heavy atom. The lowest BCUT2D eigenvalue weighted by atomic mass is 9.77. The fourth-order valence-corrected chi connectivity index (χ4v) is 1.91. The average Bonchev–Trinajstić information content (AvgIpc) is 2.57. The molecule has 0 saturated carbocycles. The van der Waals surface area contributed by atoms with Crippen LogP contribution in [0.5, 0.6) is 0 Å². The molecule has 0 atom stereocenters. The third-order valence-electron chi connectivity index (χ3n) is 3.94. The van der Waals surface area contributed by atoms with Crippen molar-refractivity contribution in [3.63, 3.8) is 0 Å². The molecule has 0 bridgehead atoms. The van der Waals surface area contributed by atoms with Crippen LogP contribution in [0.25, 0.3) is 6.08 Å².